The minimum atomic E-state index is -0.601. The highest BCUT2D eigenvalue weighted by Gasteiger charge is 2.69. The Morgan fingerprint density at radius 2 is 1.44 bits per heavy atom. The number of hydrogen-bond acceptors (Lipinski definition) is 2. The number of hydrogen-bond donors (Lipinski definition) is 0. The summed E-state index contributed by atoms with van der Waals surface area (Å²) in [5, 5.41) is 0. The van der Waals surface area contributed by atoms with Crippen molar-refractivity contribution in [3.63, 3.8) is 0 Å². The monoisotopic (exact) mass is 419 g/mol. The number of benzene rings is 3. The Balaban J connectivity index is 1.72. The Hall–Kier alpha value is -3.46. The van der Waals surface area contributed by atoms with Crippen LogP contribution in [0.5, 0.6) is 0 Å². The molecule has 0 N–H and O–H groups in total. The fourth-order valence-electron chi connectivity index (χ4n) is 6.94. The van der Waals surface area contributed by atoms with E-state index in [1.54, 1.807) is 6.08 Å². The number of rotatable bonds is 4. The number of nitrogens with zero attached hydrogens (tertiary/aromatic N) is 1. The molecule has 1 aliphatic heterocycles. The van der Waals surface area contributed by atoms with E-state index in [4.69, 9.17) is 0 Å². The lowest BCUT2D eigenvalue weighted by Gasteiger charge is -2.57. The number of likely N-dealkylation sites (tertiary alicyclic amines) is 1. The first-order valence-electron chi connectivity index (χ1n) is 11.3. The Bertz CT molecular complexity index is 1210. The van der Waals surface area contributed by atoms with Crippen LogP contribution in [0.4, 0.5) is 0 Å². The van der Waals surface area contributed by atoms with E-state index >= 15 is 0 Å². The molecule has 3 heteroatoms. The van der Waals surface area contributed by atoms with E-state index in [9.17, 15) is 9.59 Å². The molecule has 0 aromatic heterocycles. The van der Waals surface area contributed by atoms with Gasteiger partial charge in [0.05, 0.1) is 11.8 Å². The largest absolute Gasteiger partial charge is 0.278 e. The minimum Gasteiger partial charge on any atom is -0.278 e. The van der Waals surface area contributed by atoms with E-state index in [0.29, 0.717) is 0 Å². The SMILES string of the molecule is C=CCN1C(=O)[C@@H]2C3c4ccccc4C([C@H](C)c4ccccc4)(c4ccccc43)[C@@H]2C1=O. The van der Waals surface area contributed by atoms with Gasteiger partial charge in [0, 0.05) is 17.9 Å². The highest BCUT2D eigenvalue weighted by atomic mass is 16.2. The minimum absolute atomic E-state index is 0.0141. The van der Waals surface area contributed by atoms with Crippen molar-refractivity contribution < 1.29 is 9.59 Å². The average Bonchev–Trinajstić information content (AvgIpc) is 3.10. The van der Waals surface area contributed by atoms with Crippen LogP contribution in [0.1, 0.15) is 46.6 Å². The number of carbonyl (C=O) groups is 2. The summed E-state index contributed by atoms with van der Waals surface area (Å²) in [6.45, 7) is 6.28. The van der Waals surface area contributed by atoms with E-state index in [1.807, 2.05) is 6.07 Å². The number of imide groups is 1. The number of amides is 2. The number of carbonyl (C=O) groups excluding carboxylic acids is 2. The van der Waals surface area contributed by atoms with Gasteiger partial charge in [0.25, 0.3) is 0 Å². The van der Waals surface area contributed by atoms with Crippen LogP contribution >= 0.6 is 0 Å². The molecular formula is C29H25NO2. The third-order valence-electron chi connectivity index (χ3n) is 8.07. The standard InChI is InChI=1S/C29H25NO2/c1-3-17-30-27(31)25-24-20-13-7-9-15-22(20)29(26(25)28(30)32,23-16-10-8-14-21(23)24)18(2)19-11-5-4-6-12-19/h3-16,18,24-26H,1,17H2,2H3/t18-,24?,25-,26+,29?/m1/s1. The summed E-state index contributed by atoms with van der Waals surface area (Å²) in [6.07, 6.45) is 1.66. The molecule has 3 nitrogen and oxygen atoms in total. The van der Waals surface area contributed by atoms with Gasteiger partial charge in [-0.2, -0.15) is 0 Å². The normalized spacial score (nSPS) is 28.2. The molecule has 7 rings (SSSR count). The Morgan fingerprint density at radius 3 is 2.03 bits per heavy atom. The predicted octanol–water partition coefficient (Wildman–Crippen LogP) is 5.02. The van der Waals surface area contributed by atoms with Gasteiger partial charge in [0.1, 0.15) is 0 Å². The van der Waals surface area contributed by atoms with Gasteiger partial charge in [0.15, 0.2) is 0 Å². The van der Waals surface area contributed by atoms with Gasteiger partial charge in [-0.25, -0.2) is 0 Å². The van der Waals surface area contributed by atoms with Crippen LogP contribution in [0.15, 0.2) is 91.5 Å². The summed E-state index contributed by atoms with van der Waals surface area (Å²) in [6, 6.07) is 27.3. The summed E-state index contributed by atoms with van der Waals surface area (Å²) in [7, 11) is 0. The summed E-state index contributed by atoms with van der Waals surface area (Å²) in [4.78, 5) is 29.1. The molecule has 3 aromatic rings. The molecule has 158 valence electrons. The van der Waals surface area contributed by atoms with Gasteiger partial charge >= 0.3 is 0 Å². The fraction of sp³-hybridized carbons (Fsp3) is 0.241. The van der Waals surface area contributed by atoms with Gasteiger partial charge in [-0.05, 0) is 33.7 Å². The second-order valence-corrected chi connectivity index (χ2v) is 9.23. The molecule has 3 aromatic carbocycles. The van der Waals surface area contributed by atoms with Crippen molar-refractivity contribution in [3.8, 4) is 0 Å². The third-order valence-corrected chi connectivity index (χ3v) is 8.07. The van der Waals surface area contributed by atoms with Crippen molar-refractivity contribution in [2.24, 2.45) is 11.8 Å². The fourth-order valence-corrected chi connectivity index (χ4v) is 6.94. The van der Waals surface area contributed by atoms with E-state index in [2.05, 4.69) is 86.3 Å². The Morgan fingerprint density at radius 1 is 0.875 bits per heavy atom. The molecule has 0 saturated carbocycles. The highest BCUT2D eigenvalue weighted by Crippen LogP contribution is 2.67. The average molecular weight is 420 g/mol. The van der Waals surface area contributed by atoms with Crippen molar-refractivity contribution in [1.29, 1.82) is 0 Å². The van der Waals surface area contributed by atoms with Gasteiger partial charge in [0.2, 0.25) is 11.8 Å². The Kier molecular flexibility index (Phi) is 4.07. The topological polar surface area (TPSA) is 37.4 Å². The quantitative estimate of drug-likeness (QED) is 0.440. The van der Waals surface area contributed by atoms with Crippen LogP contribution in [-0.2, 0) is 15.0 Å². The molecule has 3 aliphatic carbocycles. The first kappa shape index (κ1) is 19.2. The highest BCUT2D eigenvalue weighted by molar-refractivity contribution is 6.08. The summed E-state index contributed by atoms with van der Waals surface area (Å²) >= 11 is 0. The zero-order chi connectivity index (χ0) is 22.0. The van der Waals surface area contributed by atoms with E-state index in [1.165, 1.54) is 32.7 Å². The molecule has 2 bridgehead atoms. The molecule has 3 atom stereocenters. The maximum atomic E-state index is 13.9. The van der Waals surface area contributed by atoms with E-state index in [0.717, 1.165) is 0 Å². The van der Waals surface area contributed by atoms with Gasteiger partial charge in [-0.15, -0.1) is 6.58 Å². The van der Waals surface area contributed by atoms with E-state index < -0.39 is 11.3 Å². The molecule has 1 saturated heterocycles. The lowest BCUT2D eigenvalue weighted by molar-refractivity contribution is -0.139. The summed E-state index contributed by atoms with van der Waals surface area (Å²) < 4.78 is 0. The first-order valence-corrected chi connectivity index (χ1v) is 11.3. The lowest BCUT2D eigenvalue weighted by atomic mass is 9.43. The first-order chi connectivity index (χ1) is 15.6. The molecule has 1 heterocycles. The molecule has 0 radical (unpaired) electrons. The third kappa shape index (κ3) is 2.16. The van der Waals surface area contributed by atoms with Gasteiger partial charge in [-0.3, -0.25) is 14.5 Å². The van der Waals surface area contributed by atoms with Crippen molar-refractivity contribution in [1.82, 2.24) is 4.90 Å². The van der Waals surface area contributed by atoms with Crippen LogP contribution in [0.25, 0.3) is 0 Å². The molecule has 2 amide bonds. The summed E-state index contributed by atoms with van der Waals surface area (Å²) in [5.74, 6) is -0.989. The maximum Gasteiger partial charge on any atom is 0.234 e. The molecule has 1 fully saturated rings. The van der Waals surface area contributed by atoms with Crippen molar-refractivity contribution in [3.05, 3.63) is 119 Å². The molecule has 32 heavy (non-hydrogen) atoms. The van der Waals surface area contributed by atoms with Gasteiger partial charge in [-0.1, -0.05) is 91.9 Å². The summed E-state index contributed by atoms with van der Waals surface area (Å²) in [5.41, 5.74) is 5.36. The molecule has 0 spiro atoms. The van der Waals surface area contributed by atoms with Gasteiger partial charge < -0.3 is 0 Å². The second-order valence-electron chi connectivity index (χ2n) is 9.23. The zero-order valence-corrected chi connectivity index (χ0v) is 18.1. The van der Waals surface area contributed by atoms with E-state index in [-0.39, 0.29) is 36.1 Å². The van der Waals surface area contributed by atoms with Crippen LogP contribution in [-0.4, -0.2) is 23.3 Å². The Labute approximate surface area is 188 Å². The molecular weight excluding hydrogens is 394 g/mol. The van der Waals surface area contributed by atoms with Crippen LogP contribution in [0, 0.1) is 11.8 Å². The van der Waals surface area contributed by atoms with Crippen LogP contribution < -0.4 is 0 Å². The molecule has 0 unspecified atom stereocenters. The van der Waals surface area contributed by atoms with Crippen molar-refractivity contribution in [2.45, 2.75) is 24.2 Å². The second kappa shape index (κ2) is 6.77. The molecule has 4 aliphatic rings. The van der Waals surface area contributed by atoms with Crippen molar-refractivity contribution in [2.75, 3.05) is 6.54 Å². The lowest BCUT2D eigenvalue weighted by Crippen LogP contribution is -2.56. The van der Waals surface area contributed by atoms with Crippen LogP contribution in [0.2, 0.25) is 0 Å². The zero-order valence-electron chi connectivity index (χ0n) is 18.1. The smallest absolute Gasteiger partial charge is 0.234 e. The van der Waals surface area contributed by atoms with Crippen LogP contribution in [0.3, 0.4) is 0 Å². The van der Waals surface area contributed by atoms with Crippen molar-refractivity contribution >= 4 is 11.8 Å². The maximum absolute atomic E-state index is 13.9. The predicted molar refractivity (Wildman–Crippen MR) is 124 cm³/mol.